The Kier molecular flexibility index (Phi) is 3.61. The summed E-state index contributed by atoms with van der Waals surface area (Å²) in [5.74, 6) is 8.26. The fraction of sp³-hybridized carbons (Fsp3) is 0.455. The van der Waals surface area contributed by atoms with Crippen LogP contribution in [-0.2, 0) is 7.05 Å². The molecule has 0 aliphatic heterocycles. The van der Waals surface area contributed by atoms with E-state index < -0.39 is 0 Å². The Hall–Kier alpha value is -2.22. The van der Waals surface area contributed by atoms with Crippen LogP contribution in [0.3, 0.4) is 0 Å². The number of anilines is 2. The Morgan fingerprint density at radius 1 is 1.26 bits per heavy atom. The summed E-state index contributed by atoms with van der Waals surface area (Å²) in [5, 5.41) is 11.2. The van der Waals surface area contributed by atoms with Gasteiger partial charge in [-0.15, -0.1) is 10.2 Å². The lowest BCUT2D eigenvalue weighted by molar-refractivity contribution is 0.714. The first kappa shape index (κ1) is 13.2. The van der Waals surface area contributed by atoms with Crippen molar-refractivity contribution < 1.29 is 0 Å². The highest BCUT2D eigenvalue weighted by Gasteiger charge is 2.15. The first-order valence-corrected chi connectivity index (χ1v) is 5.95. The van der Waals surface area contributed by atoms with Crippen LogP contribution in [0.25, 0.3) is 0 Å². The van der Waals surface area contributed by atoms with E-state index in [1.54, 1.807) is 6.33 Å². The molecule has 4 N–H and O–H groups in total. The number of aromatic nitrogens is 5. The minimum absolute atomic E-state index is 0.0221. The molecule has 0 amide bonds. The van der Waals surface area contributed by atoms with Crippen molar-refractivity contribution in [2.45, 2.75) is 26.8 Å². The molecule has 1 atom stereocenters. The predicted octanol–water partition coefficient (Wildman–Crippen LogP) is 0.681. The minimum Gasteiger partial charge on any atom is -0.360 e. The summed E-state index contributed by atoms with van der Waals surface area (Å²) in [5.41, 5.74) is 3.43. The summed E-state index contributed by atoms with van der Waals surface area (Å²) < 4.78 is 1.86. The van der Waals surface area contributed by atoms with E-state index in [4.69, 9.17) is 5.84 Å². The molecule has 8 nitrogen and oxygen atoms in total. The zero-order chi connectivity index (χ0) is 14.0. The molecule has 0 aromatic carbocycles. The van der Waals surface area contributed by atoms with Gasteiger partial charge < -0.3 is 15.3 Å². The highest BCUT2D eigenvalue weighted by atomic mass is 15.3. The first-order valence-electron chi connectivity index (χ1n) is 5.95. The second-order valence-electron chi connectivity index (χ2n) is 4.40. The molecule has 0 saturated carbocycles. The number of aryl methyl sites for hydroxylation is 2. The van der Waals surface area contributed by atoms with Gasteiger partial charge in [0.05, 0.1) is 6.04 Å². The maximum absolute atomic E-state index is 5.44. The summed E-state index contributed by atoms with van der Waals surface area (Å²) in [6.07, 6.45) is 1.67. The van der Waals surface area contributed by atoms with Gasteiger partial charge >= 0.3 is 0 Å². The van der Waals surface area contributed by atoms with E-state index in [9.17, 15) is 0 Å². The maximum Gasteiger partial charge on any atom is 0.154 e. The third-order valence-electron chi connectivity index (χ3n) is 2.88. The predicted molar refractivity (Wildman–Crippen MR) is 72.4 cm³/mol. The Balaban J connectivity index is 2.29. The molecule has 0 aliphatic rings. The quantitative estimate of drug-likeness (QED) is 0.549. The van der Waals surface area contributed by atoms with Crippen LogP contribution >= 0.6 is 0 Å². The molecule has 2 rings (SSSR count). The van der Waals surface area contributed by atoms with Crippen LogP contribution in [0.2, 0.25) is 0 Å². The zero-order valence-corrected chi connectivity index (χ0v) is 11.5. The second kappa shape index (κ2) is 5.19. The maximum atomic E-state index is 5.44. The molecule has 0 aliphatic carbocycles. The average Bonchev–Trinajstić information content (AvgIpc) is 2.79. The Morgan fingerprint density at radius 2 is 1.95 bits per heavy atom. The van der Waals surface area contributed by atoms with Crippen LogP contribution in [0.1, 0.15) is 30.2 Å². The lowest BCUT2D eigenvalue weighted by Crippen LogP contribution is -2.17. The Morgan fingerprint density at radius 3 is 2.53 bits per heavy atom. The van der Waals surface area contributed by atoms with Gasteiger partial charge in [0.1, 0.15) is 23.8 Å². The standard InChI is InChI=1S/C11H18N8/c1-6-9(15-8(3)16-10(6)17-12)14-7(2)11-18-13-5-19(11)4/h5,7H,12H2,1-4H3,(H2,14,15,16,17). The average molecular weight is 262 g/mol. The van der Waals surface area contributed by atoms with Crippen LogP contribution < -0.4 is 16.6 Å². The topological polar surface area (TPSA) is 107 Å². The van der Waals surface area contributed by atoms with Crippen molar-refractivity contribution in [3.05, 3.63) is 23.5 Å². The number of nitrogens with two attached hydrogens (primary N) is 1. The van der Waals surface area contributed by atoms with Gasteiger partial charge in [0.25, 0.3) is 0 Å². The van der Waals surface area contributed by atoms with Crippen molar-refractivity contribution in [2.75, 3.05) is 10.7 Å². The molecule has 0 spiro atoms. The molecule has 2 aromatic heterocycles. The lowest BCUT2D eigenvalue weighted by Gasteiger charge is -2.17. The number of hydrazine groups is 1. The zero-order valence-electron chi connectivity index (χ0n) is 11.5. The van der Waals surface area contributed by atoms with Gasteiger partial charge in [0.2, 0.25) is 0 Å². The Bertz CT molecular complexity index is 576. The monoisotopic (exact) mass is 262 g/mol. The van der Waals surface area contributed by atoms with Gasteiger partial charge in [0, 0.05) is 12.6 Å². The minimum atomic E-state index is -0.0221. The number of nitrogens with one attached hydrogen (secondary N) is 2. The number of hydrogen-bond acceptors (Lipinski definition) is 7. The van der Waals surface area contributed by atoms with E-state index in [2.05, 4.69) is 30.9 Å². The van der Waals surface area contributed by atoms with Crippen molar-refractivity contribution in [1.29, 1.82) is 0 Å². The van der Waals surface area contributed by atoms with E-state index in [0.29, 0.717) is 11.6 Å². The second-order valence-corrected chi connectivity index (χ2v) is 4.40. The number of nitrogens with zero attached hydrogens (tertiary/aromatic N) is 5. The van der Waals surface area contributed by atoms with E-state index in [1.165, 1.54) is 0 Å². The molecule has 0 saturated heterocycles. The van der Waals surface area contributed by atoms with Crippen molar-refractivity contribution in [3.8, 4) is 0 Å². The van der Waals surface area contributed by atoms with Gasteiger partial charge in [-0.25, -0.2) is 15.8 Å². The first-order chi connectivity index (χ1) is 9.02. The number of rotatable bonds is 4. The van der Waals surface area contributed by atoms with Crippen molar-refractivity contribution in [1.82, 2.24) is 24.7 Å². The van der Waals surface area contributed by atoms with Crippen LogP contribution in [-0.4, -0.2) is 24.7 Å². The van der Waals surface area contributed by atoms with Crippen LogP contribution in [0.4, 0.5) is 11.6 Å². The Labute approximate surface area is 111 Å². The molecule has 1 unspecified atom stereocenters. The fourth-order valence-corrected chi connectivity index (χ4v) is 1.86. The van der Waals surface area contributed by atoms with E-state index in [1.807, 2.05) is 32.4 Å². The van der Waals surface area contributed by atoms with E-state index in [-0.39, 0.29) is 6.04 Å². The number of hydrogen-bond donors (Lipinski definition) is 3. The largest absolute Gasteiger partial charge is 0.360 e. The summed E-state index contributed by atoms with van der Waals surface area (Å²) in [6.45, 7) is 5.72. The van der Waals surface area contributed by atoms with E-state index in [0.717, 1.165) is 17.2 Å². The van der Waals surface area contributed by atoms with Gasteiger partial charge in [0.15, 0.2) is 5.82 Å². The van der Waals surface area contributed by atoms with Crippen LogP contribution in [0.5, 0.6) is 0 Å². The lowest BCUT2D eigenvalue weighted by atomic mass is 10.2. The molecule has 2 heterocycles. The van der Waals surface area contributed by atoms with Gasteiger partial charge in [-0.2, -0.15) is 0 Å². The van der Waals surface area contributed by atoms with Crippen molar-refractivity contribution >= 4 is 11.6 Å². The molecule has 0 radical (unpaired) electrons. The molecule has 102 valence electrons. The molecular formula is C11H18N8. The van der Waals surface area contributed by atoms with Crippen molar-refractivity contribution in [3.63, 3.8) is 0 Å². The third-order valence-corrected chi connectivity index (χ3v) is 2.88. The molecule has 8 heteroatoms. The van der Waals surface area contributed by atoms with Crippen LogP contribution in [0.15, 0.2) is 6.33 Å². The number of nitrogen functional groups attached to an aromatic ring is 1. The third kappa shape index (κ3) is 2.63. The highest BCUT2D eigenvalue weighted by Crippen LogP contribution is 2.22. The summed E-state index contributed by atoms with van der Waals surface area (Å²) in [7, 11) is 1.90. The fourth-order valence-electron chi connectivity index (χ4n) is 1.86. The molecular weight excluding hydrogens is 244 g/mol. The van der Waals surface area contributed by atoms with Crippen molar-refractivity contribution in [2.24, 2.45) is 12.9 Å². The SMILES string of the molecule is Cc1nc(NN)c(C)c(NC(C)c2nncn2C)n1. The van der Waals surface area contributed by atoms with Gasteiger partial charge in [-0.05, 0) is 20.8 Å². The highest BCUT2D eigenvalue weighted by molar-refractivity contribution is 5.57. The summed E-state index contributed by atoms with van der Waals surface area (Å²) in [4.78, 5) is 8.60. The van der Waals surface area contributed by atoms with Gasteiger partial charge in [-0.1, -0.05) is 0 Å². The van der Waals surface area contributed by atoms with Crippen LogP contribution in [0, 0.1) is 13.8 Å². The van der Waals surface area contributed by atoms with Gasteiger partial charge in [-0.3, -0.25) is 0 Å². The van der Waals surface area contributed by atoms with E-state index >= 15 is 0 Å². The molecule has 19 heavy (non-hydrogen) atoms. The molecule has 0 fully saturated rings. The normalized spacial score (nSPS) is 12.3. The summed E-state index contributed by atoms with van der Waals surface area (Å²) in [6, 6.07) is -0.0221. The smallest absolute Gasteiger partial charge is 0.154 e. The molecule has 0 bridgehead atoms. The molecule has 2 aromatic rings. The summed E-state index contributed by atoms with van der Waals surface area (Å²) >= 11 is 0.